The van der Waals surface area contributed by atoms with Crippen molar-refractivity contribution >= 4 is 23.2 Å². The van der Waals surface area contributed by atoms with E-state index in [1.807, 2.05) is 13.8 Å². The van der Waals surface area contributed by atoms with Gasteiger partial charge in [0, 0.05) is 6.04 Å². The van der Waals surface area contributed by atoms with E-state index in [9.17, 15) is 4.79 Å². The van der Waals surface area contributed by atoms with Gasteiger partial charge in [-0.15, -0.1) is 0 Å². The molecule has 0 saturated heterocycles. The van der Waals surface area contributed by atoms with Crippen LogP contribution in [-0.2, 0) is 0 Å². The third-order valence-electron chi connectivity index (χ3n) is 2.09. The second kappa shape index (κ2) is 4.98. The highest BCUT2D eigenvalue weighted by molar-refractivity contribution is 6.32. The number of hydrogen-bond acceptors (Lipinski definition) is 3. The molecule has 5 heteroatoms. The highest BCUT2D eigenvalue weighted by Crippen LogP contribution is 2.15. The summed E-state index contributed by atoms with van der Waals surface area (Å²) < 4.78 is 0. The molecule has 1 amide bonds. The molecule has 0 bridgehead atoms. The smallest absolute Gasteiger partial charge is 0.254 e. The van der Waals surface area contributed by atoms with E-state index < -0.39 is 0 Å². The van der Waals surface area contributed by atoms with E-state index in [4.69, 9.17) is 17.3 Å². The van der Waals surface area contributed by atoms with Crippen LogP contribution in [0.1, 0.15) is 30.6 Å². The fourth-order valence-corrected chi connectivity index (χ4v) is 1.22. The molecule has 0 aliphatic carbocycles. The Hall–Kier alpha value is -1.29. The monoisotopic (exact) mass is 227 g/mol. The Labute approximate surface area is 93.8 Å². The lowest BCUT2D eigenvalue weighted by molar-refractivity contribution is 0.0939. The Balaban J connectivity index is 2.86. The number of nitrogen functional groups attached to an aromatic ring is 1. The molecule has 15 heavy (non-hydrogen) atoms. The van der Waals surface area contributed by atoms with Gasteiger partial charge in [0.15, 0.2) is 0 Å². The number of aromatic nitrogens is 1. The molecule has 0 fully saturated rings. The SMILES string of the molecule is CCC(C)NC(=O)c1cc(N)cnc1Cl. The number of hydrogen-bond donors (Lipinski definition) is 2. The zero-order valence-corrected chi connectivity index (χ0v) is 9.51. The fourth-order valence-electron chi connectivity index (χ4n) is 1.03. The van der Waals surface area contributed by atoms with Gasteiger partial charge in [-0.3, -0.25) is 4.79 Å². The molecule has 0 saturated carbocycles. The van der Waals surface area contributed by atoms with Crippen LogP contribution in [0.3, 0.4) is 0 Å². The molecule has 0 aliphatic heterocycles. The number of carbonyl (C=O) groups is 1. The largest absolute Gasteiger partial charge is 0.397 e. The maximum Gasteiger partial charge on any atom is 0.254 e. The van der Waals surface area contributed by atoms with Crippen LogP contribution in [-0.4, -0.2) is 16.9 Å². The Kier molecular flexibility index (Phi) is 3.91. The zero-order valence-electron chi connectivity index (χ0n) is 8.75. The van der Waals surface area contributed by atoms with Gasteiger partial charge in [0.2, 0.25) is 0 Å². The van der Waals surface area contributed by atoms with Crippen molar-refractivity contribution in [2.45, 2.75) is 26.3 Å². The number of rotatable bonds is 3. The first-order chi connectivity index (χ1) is 7.04. The molecule has 1 unspecified atom stereocenters. The van der Waals surface area contributed by atoms with E-state index in [0.29, 0.717) is 11.3 Å². The molecule has 82 valence electrons. The van der Waals surface area contributed by atoms with Crippen LogP contribution in [0.5, 0.6) is 0 Å². The molecule has 1 heterocycles. The van der Waals surface area contributed by atoms with Crippen molar-refractivity contribution in [3.63, 3.8) is 0 Å². The summed E-state index contributed by atoms with van der Waals surface area (Å²) in [7, 11) is 0. The number of anilines is 1. The van der Waals surface area contributed by atoms with E-state index in [1.54, 1.807) is 0 Å². The Morgan fingerprint density at radius 3 is 3.00 bits per heavy atom. The van der Waals surface area contributed by atoms with E-state index in [2.05, 4.69) is 10.3 Å². The van der Waals surface area contributed by atoms with Crippen molar-refractivity contribution in [2.75, 3.05) is 5.73 Å². The molecule has 1 aromatic rings. The minimum atomic E-state index is -0.242. The van der Waals surface area contributed by atoms with Gasteiger partial charge in [0.1, 0.15) is 5.15 Å². The van der Waals surface area contributed by atoms with Crippen LogP contribution < -0.4 is 11.1 Å². The summed E-state index contributed by atoms with van der Waals surface area (Å²) in [6.07, 6.45) is 2.28. The van der Waals surface area contributed by atoms with Crippen LogP contribution in [0, 0.1) is 0 Å². The molecular formula is C10H14ClN3O. The first kappa shape index (κ1) is 11.8. The fraction of sp³-hybridized carbons (Fsp3) is 0.400. The summed E-state index contributed by atoms with van der Waals surface area (Å²) in [6.45, 7) is 3.91. The van der Waals surface area contributed by atoms with Gasteiger partial charge in [0.05, 0.1) is 17.4 Å². The molecule has 1 rings (SSSR count). The Bertz CT molecular complexity index is 368. The summed E-state index contributed by atoms with van der Waals surface area (Å²) in [5.41, 5.74) is 6.27. The molecule has 0 aliphatic rings. The molecule has 1 aromatic heterocycles. The average molecular weight is 228 g/mol. The summed E-state index contributed by atoms with van der Waals surface area (Å²) >= 11 is 5.79. The molecule has 3 N–H and O–H groups in total. The predicted octanol–water partition coefficient (Wildman–Crippen LogP) is 1.85. The van der Waals surface area contributed by atoms with Gasteiger partial charge in [-0.2, -0.15) is 0 Å². The first-order valence-corrected chi connectivity index (χ1v) is 5.14. The lowest BCUT2D eigenvalue weighted by Crippen LogP contribution is -2.32. The second-order valence-corrected chi connectivity index (χ2v) is 3.75. The lowest BCUT2D eigenvalue weighted by atomic mass is 10.2. The van der Waals surface area contributed by atoms with Gasteiger partial charge in [0.25, 0.3) is 5.91 Å². The van der Waals surface area contributed by atoms with Crippen molar-refractivity contribution in [1.29, 1.82) is 0 Å². The van der Waals surface area contributed by atoms with E-state index in [0.717, 1.165) is 6.42 Å². The van der Waals surface area contributed by atoms with Crippen LogP contribution >= 0.6 is 11.6 Å². The van der Waals surface area contributed by atoms with Gasteiger partial charge in [-0.05, 0) is 19.4 Å². The van der Waals surface area contributed by atoms with Crippen LogP contribution in [0.2, 0.25) is 5.15 Å². The quantitative estimate of drug-likeness (QED) is 0.775. The van der Waals surface area contributed by atoms with Crippen LogP contribution in [0.4, 0.5) is 5.69 Å². The van der Waals surface area contributed by atoms with Crippen molar-refractivity contribution in [3.05, 3.63) is 23.0 Å². The lowest BCUT2D eigenvalue weighted by Gasteiger charge is -2.11. The van der Waals surface area contributed by atoms with Crippen LogP contribution in [0.25, 0.3) is 0 Å². The number of amides is 1. The number of carbonyl (C=O) groups excluding carboxylic acids is 1. The molecule has 0 aromatic carbocycles. The van der Waals surface area contributed by atoms with Gasteiger partial charge >= 0.3 is 0 Å². The topological polar surface area (TPSA) is 68.0 Å². The summed E-state index contributed by atoms with van der Waals surface area (Å²) in [5, 5.41) is 2.97. The highest BCUT2D eigenvalue weighted by atomic mass is 35.5. The summed E-state index contributed by atoms with van der Waals surface area (Å²) in [4.78, 5) is 15.5. The molecule has 1 atom stereocenters. The highest BCUT2D eigenvalue weighted by Gasteiger charge is 2.13. The Morgan fingerprint density at radius 2 is 2.40 bits per heavy atom. The maximum absolute atomic E-state index is 11.7. The van der Waals surface area contributed by atoms with E-state index in [-0.39, 0.29) is 17.1 Å². The number of nitrogens with zero attached hydrogens (tertiary/aromatic N) is 1. The van der Waals surface area contributed by atoms with Gasteiger partial charge < -0.3 is 11.1 Å². The third-order valence-corrected chi connectivity index (χ3v) is 2.40. The standard InChI is InChI=1S/C10H14ClN3O/c1-3-6(2)14-10(15)8-4-7(12)5-13-9(8)11/h4-6H,3,12H2,1-2H3,(H,14,15). The average Bonchev–Trinajstić information content (AvgIpc) is 2.21. The van der Waals surface area contributed by atoms with E-state index >= 15 is 0 Å². The second-order valence-electron chi connectivity index (χ2n) is 3.39. The number of nitrogens with one attached hydrogen (secondary N) is 1. The van der Waals surface area contributed by atoms with Crippen molar-refractivity contribution < 1.29 is 4.79 Å². The predicted molar refractivity (Wildman–Crippen MR) is 60.9 cm³/mol. The number of nitrogens with two attached hydrogens (primary N) is 1. The molecule has 0 spiro atoms. The van der Waals surface area contributed by atoms with Gasteiger partial charge in [-0.1, -0.05) is 18.5 Å². The maximum atomic E-state index is 11.7. The minimum absolute atomic E-state index is 0.106. The number of pyridine rings is 1. The van der Waals surface area contributed by atoms with Crippen molar-refractivity contribution in [1.82, 2.24) is 10.3 Å². The first-order valence-electron chi connectivity index (χ1n) is 4.76. The van der Waals surface area contributed by atoms with Crippen LogP contribution in [0.15, 0.2) is 12.3 Å². The normalized spacial score (nSPS) is 12.2. The Morgan fingerprint density at radius 1 is 1.73 bits per heavy atom. The zero-order chi connectivity index (χ0) is 11.4. The van der Waals surface area contributed by atoms with Crippen molar-refractivity contribution in [3.8, 4) is 0 Å². The number of halogens is 1. The molecule has 0 radical (unpaired) electrons. The van der Waals surface area contributed by atoms with Gasteiger partial charge in [-0.25, -0.2) is 4.98 Å². The van der Waals surface area contributed by atoms with Crippen molar-refractivity contribution in [2.24, 2.45) is 0 Å². The molecular weight excluding hydrogens is 214 g/mol. The van der Waals surface area contributed by atoms with E-state index in [1.165, 1.54) is 12.3 Å². The minimum Gasteiger partial charge on any atom is -0.397 e. The summed E-state index contributed by atoms with van der Waals surface area (Å²) in [6, 6.07) is 1.63. The third kappa shape index (κ3) is 3.09. The summed E-state index contributed by atoms with van der Waals surface area (Å²) in [5.74, 6) is -0.242. The molecule has 4 nitrogen and oxygen atoms in total.